The molecule has 0 bridgehead atoms. The lowest BCUT2D eigenvalue weighted by Crippen LogP contribution is -1.99. The number of phenolic OH excluding ortho intramolecular Hbond substituents is 1. The molecule has 3 rings (SSSR count). The third kappa shape index (κ3) is 3.12. The standard InChI is InChI=1S/C18H16ClN3O/c1-10-3-5-12(6-4-10)15-9-16(22-18(20)21-15)14-8-13(19)7-11(2)17(14)23/h3-9,23H,1-2H3,(H2,20,21,22). The number of hydrogen-bond acceptors (Lipinski definition) is 4. The van der Waals surface area contributed by atoms with Crippen LogP contribution in [0.25, 0.3) is 22.5 Å². The molecule has 0 amide bonds. The number of nitrogen functional groups attached to an aromatic ring is 1. The van der Waals surface area contributed by atoms with Crippen LogP contribution < -0.4 is 5.73 Å². The van der Waals surface area contributed by atoms with E-state index >= 15 is 0 Å². The minimum absolute atomic E-state index is 0.141. The van der Waals surface area contributed by atoms with Gasteiger partial charge in [-0.2, -0.15) is 0 Å². The average Bonchev–Trinajstić information content (AvgIpc) is 2.51. The van der Waals surface area contributed by atoms with Gasteiger partial charge in [-0.05, 0) is 37.6 Å². The zero-order valence-electron chi connectivity index (χ0n) is 12.8. The number of benzene rings is 2. The number of aromatic nitrogens is 2. The van der Waals surface area contributed by atoms with Gasteiger partial charge in [0.25, 0.3) is 0 Å². The Morgan fingerprint density at radius 3 is 2.30 bits per heavy atom. The lowest BCUT2D eigenvalue weighted by molar-refractivity contribution is 0.473. The zero-order valence-corrected chi connectivity index (χ0v) is 13.6. The Morgan fingerprint density at radius 2 is 1.61 bits per heavy atom. The fourth-order valence-electron chi connectivity index (χ4n) is 2.41. The third-order valence-electron chi connectivity index (χ3n) is 3.63. The molecular weight excluding hydrogens is 310 g/mol. The Morgan fingerprint density at radius 1 is 0.957 bits per heavy atom. The molecule has 5 heteroatoms. The molecule has 2 aromatic carbocycles. The van der Waals surface area contributed by atoms with Gasteiger partial charge in [-0.25, -0.2) is 9.97 Å². The summed E-state index contributed by atoms with van der Waals surface area (Å²) in [5.41, 5.74) is 10.4. The van der Waals surface area contributed by atoms with Crippen molar-refractivity contribution in [2.24, 2.45) is 0 Å². The smallest absolute Gasteiger partial charge is 0.221 e. The number of nitrogens with two attached hydrogens (primary N) is 1. The molecule has 23 heavy (non-hydrogen) atoms. The summed E-state index contributed by atoms with van der Waals surface area (Å²) in [6.07, 6.45) is 0. The van der Waals surface area contributed by atoms with Gasteiger partial charge in [0.1, 0.15) is 5.75 Å². The SMILES string of the molecule is Cc1ccc(-c2cc(-c3cc(Cl)cc(C)c3O)nc(N)n2)cc1. The van der Waals surface area contributed by atoms with E-state index in [1.54, 1.807) is 25.1 Å². The van der Waals surface area contributed by atoms with E-state index in [0.29, 0.717) is 27.5 Å². The molecule has 0 radical (unpaired) electrons. The summed E-state index contributed by atoms with van der Waals surface area (Å²) < 4.78 is 0. The van der Waals surface area contributed by atoms with Crippen molar-refractivity contribution in [2.45, 2.75) is 13.8 Å². The van der Waals surface area contributed by atoms with Gasteiger partial charge in [0.05, 0.1) is 11.4 Å². The predicted molar refractivity (Wildman–Crippen MR) is 93.5 cm³/mol. The minimum atomic E-state index is 0.141. The van der Waals surface area contributed by atoms with Crippen molar-refractivity contribution in [1.29, 1.82) is 0 Å². The summed E-state index contributed by atoms with van der Waals surface area (Å²) in [7, 11) is 0. The Kier molecular flexibility index (Phi) is 3.92. The van der Waals surface area contributed by atoms with Gasteiger partial charge in [-0.1, -0.05) is 41.4 Å². The molecule has 3 N–H and O–H groups in total. The summed E-state index contributed by atoms with van der Waals surface area (Å²) >= 11 is 6.10. The first-order chi connectivity index (χ1) is 10.9. The molecule has 0 unspecified atom stereocenters. The van der Waals surface area contributed by atoms with Gasteiger partial charge in [-0.15, -0.1) is 0 Å². The first-order valence-electron chi connectivity index (χ1n) is 7.15. The van der Waals surface area contributed by atoms with Gasteiger partial charge in [-0.3, -0.25) is 0 Å². The summed E-state index contributed by atoms with van der Waals surface area (Å²) in [6.45, 7) is 3.81. The van der Waals surface area contributed by atoms with Crippen LogP contribution in [0.3, 0.4) is 0 Å². The van der Waals surface area contributed by atoms with Crippen molar-refractivity contribution in [3.63, 3.8) is 0 Å². The highest BCUT2D eigenvalue weighted by Crippen LogP contribution is 2.35. The van der Waals surface area contributed by atoms with Crippen LogP contribution in [0.4, 0.5) is 5.95 Å². The fourth-order valence-corrected chi connectivity index (χ4v) is 2.68. The van der Waals surface area contributed by atoms with E-state index in [2.05, 4.69) is 9.97 Å². The third-order valence-corrected chi connectivity index (χ3v) is 3.85. The van der Waals surface area contributed by atoms with E-state index < -0.39 is 0 Å². The van der Waals surface area contributed by atoms with Crippen molar-refractivity contribution in [3.05, 3.63) is 58.6 Å². The van der Waals surface area contributed by atoms with Crippen LogP contribution >= 0.6 is 11.6 Å². The normalized spacial score (nSPS) is 10.7. The molecule has 0 fully saturated rings. The van der Waals surface area contributed by atoms with Crippen LogP contribution in [0.5, 0.6) is 5.75 Å². The average molecular weight is 326 g/mol. The number of rotatable bonds is 2. The van der Waals surface area contributed by atoms with Crippen molar-refractivity contribution in [1.82, 2.24) is 9.97 Å². The number of phenols is 1. The maximum atomic E-state index is 10.3. The largest absolute Gasteiger partial charge is 0.507 e. The first-order valence-corrected chi connectivity index (χ1v) is 7.53. The number of halogens is 1. The highest BCUT2D eigenvalue weighted by atomic mass is 35.5. The van der Waals surface area contributed by atoms with Gasteiger partial charge >= 0.3 is 0 Å². The number of aryl methyl sites for hydroxylation is 2. The summed E-state index contributed by atoms with van der Waals surface area (Å²) in [6, 6.07) is 13.1. The van der Waals surface area contributed by atoms with Crippen LogP contribution in [0.2, 0.25) is 5.02 Å². The van der Waals surface area contributed by atoms with E-state index in [1.165, 1.54) is 5.56 Å². The number of anilines is 1. The van der Waals surface area contributed by atoms with E-state index in [0.717, 1.165) is 5.56 Å². The maximum absolute atomic E-state index is 10.3. The highest BCUT2D eigenvalue weighted by Gasteiger charge is 2.13. The van der Waals surface area contributed by atoms with Crippen molar-refractivity contribution < 1.29 is 5.11 Å². The van der Waals surface area contributed by atoms with Gasteiger partial charge < -0.3 is 10.8 Å². The molecule has 0 aliphatic carbocycles. The zero-order chi connectivity index (χ0) is 16.6. The molecule has 0 spiro atoms. The quantitative estimate of drug-likeness (QED) is 0.734. The molecule has 116 valence electrons. The monoisotopic (exact) mass is 325 g/mol. The Hall–Kier alpha value is -2.59. The number of nitrogens with zero attached hydrogens (tertiary/aromatic N) is 2. The highest BCUT2D eigenvalue weighted by molar-refractivity contribution is 6.31. The Labute approximate surface area is 139 Å². The topological polar surface area (TPSA) is 72.0 Å². The maximum Gasteiger partial charge on any atom is 0.221 e. The van der Waals surface area contributed by atoms with E-state index in [1.807, 2.05) is 31.2 Å². The molecule has 4 nitrogen and oxygen atoms in total. The van der Waals surface area contributed by atoms with E-state index in [-0.39, 0.29) is 11.7 Å². The molecule has 0 saturated heterocycles. The first kappa shape index (κ1) is 15.3. The Balaban J connectivity index is 2.17. The molecule has 0 aliphatic rings. The molecule has 3 aromatic rings. The second-order valence-corrected chi connectivity index (χ2v) is 5.92. The number of aromatic hydroxyl groups is 1. The lowest BCUT2D eigenvalue weighted by atomic mass is 10.0. The van der Waals surface area contributed by atoms with Crippen LogP contribution in [0.15, 0.2) is 42.5 Å². The van der Waals surface area contributed by atoms with Crippen LogP contribution in [-0.4, -0.2) is 15.1 Å². The van der Waals surface area contributed by atoms with Gasteiger partial charge in [0, 0.05) is 16.1 Å². The van der Waals surface area contributed by atoms with E-state index in [9.17, 15) is 5.11 Å². The summed E-state index contributed by atoms with van der Waals surface area (Å²) in [5, 5.41) is 10.8. The minimum Gasteiger partial charge on any atom is -0.507 e. The second kappa shape index (κ2) is 5.89. The second-order valence-electron chi connectivity index (χ2n) is 5.48. The molecule has 1 aromatic heterocycles. The predicted octanol–water partition coefficient (Wildman–Crippen LogP) is 4.37. The molecule has 0 saturated carbocycles. The Bertz CT molecular complexity index is 876. The van der Waals surface area contributed by atoms with Gasteiger partial charge in [0.2, 0.25) is 5.95 Å². The van der Waals surface area contributed by atoms with Gasteiger partial charge in [0.15, 0.2) is 0 Å². The van der Waals surface area contributed by atoms with E-state index in [4.69, 9.17) is 17.3 Å². The van der Waals surface area contributed by atoms with Crippen molar-refractivity contribution in [3.8, 4) is 28.3 Å². The van der Waals surface area contributed by atoms with Crippen molar-refractivity contribution in [2.75, 3.05) is 5.73 Å². The van der Waals surface area contributed by atoms with Crippen LogP contribution in [0.1, 0.15) is 11.1 Å². The number of hydrogen-bond donors (Lipinski definition) is 2. The van der Waals surface area contributed by atoms with Crippen molar-refractivity contribution >= 4 is 17.5 Å². The molecular formula is C18H16ClN3O. The van der Waals surface area contributed by atoms with Crippen LogP contribution in [0, 0.1) is 13.8 Å². The summed E-state index contributed by atoms with van der Waals surface area (Å²) in [4.78, 5) is 8.52. The molecule has 1 heterocycles. The summed E-state index contributed by atoms with van der Waals surface area (Å²) in [5.74, 6) is 0.289. The molecule has 0 atom stereocenters. The lowest BCUT2D eigenvalue weighted by Gasteiger charge is -2.10. The fraction of sp³-hybridized carbons (Fsp3) is 0.111. The molecule has 0 aliphatic heterocycles. The van der Waals surface area contributed by atoms with Crippen LogP contribution in [-0.2, 0) is 0 Å².